The summed E-state index contributed by atoms with van der Waals surface area (Å²) >= 11 is 6.20. The summed E-state index contributed by atoms with van der Waals surface area (Å²) in [7, 11) is 0. The van der Waals surface area contributed by atoms with Crippen molar-refractivity contribution in [3.05, 3.63) is 94.0 Å². The van der Waals surface area contributed by atoms with Crippen LogP contribution in [0.3, 0.4) is 0 Å². The molecule has 1 aliphatic rings. The zero-order valence-corrected chi connectivity index (χ0v) is 24.3. The van der Waals surface area contributed by atoms with Crippen LogP contribution in [0.15, 0.2) is 66.7 Å². The summed E-state index contributed by atoms with van der Waals surface area (Å²) in [6, 6.07) is 22.9. The number of hydrogen-bond acceptors (Lipinski definition) is 7. The Balaban J connectivity index is 1.59. The average Bonchev–Trinajstić information content (AvgIpc) is 2.91. The van der Waals surface area contributed by atoms with Gasteiger partial charge in [0.05, 0.1) is 34.6 Å². The first kappa shape index (κ1) is 29.9. The number of β-amino-alcohol motifs (C(OH)–C–C–N with tert-alkyl or cyclic N) is 1. The third-order valence-corrected chi connectivity index (χ3v) is 7.61. The number of piperazine rings is 1. The van der Waals surface area contributed by atoms with E-state index in [1.54, 1.807) is 26.8 Å². The van der Waals surface area contributed by atoms with E-state index in [9.17, 15) is 20.6 Å². The molecular formula is C32H38ClN3O4. The lowest BCUT2D eigenvalue weighted by atomic mass is 9.90. The molecule has 1 heterocycles. The van der Waals surface area contributed by atoms with Crippen molar-refractivity contribution in [2.24, 2.45) is 0 Å². The molecule has 1 aliphatic heterocycles. The lowest BCUT2D eigenvalue weighted by molar-refractivity contribution is 0.0101. The molecule has 0 radical (unpaired) electrons. The molecule has 7 nitrogen and oxygen atoms in total. The summed E-state index contributed by atoms with van der Waals surface area (Å²) in [5.74, 6) is 0.537. The van der Waals surface area contributed by atoms with Gasteiger partial charge in [0.1, 0.15) is 18.4 Å². The minimum Gasteiger partial charge on any atom is -0.491 e. The molecule has 3 atom stereocenters. The van der Waals surface area contributed by atoms with Gasteiger partial charge in [0.2, 0.25) is 0 Å². The first-order chi connectivity index (χ1) is 18.9. The molecule has 1 fully saturated rings. The van der Waals surface area contributed by atoms with E-state index in [-0.39, 0.29) is 12.6 Å². The van der Waals surface area contributed by atoms with Gasteiger partial charge in [-0.25, -0.2) is 0 Å². The maximum absolute atomic E-state index is 11.5. The molecule has 40 heavy (non-hydrogen) atoms. The predicted molar refractivity (Wildman–Crippen MR) is 158 cm³/mol. The molecule has 0 unspecified atom stereocenters. The zero-order chi connectivity index (χ0) is 29.1. The van der Waals surface area contributed by atoms with E-state index in [1.165, 1.54) is 0 Å². The lowest BCUT2D eigenvalue weighted by Gasteiger charge is -2.45. The van der Waals surface area contributed by atoms with Crippen LogP contribution in [-0.2, 0) is 11.2 Å². The summed E-state index contributed by atoms with van der Waals surface area (Å²) < 4.78 is 5.63. The number of aliphatic hydroxyl groups is 3. The van der Waals surface area contributed by atoms with Gasteiger partial charge in [-0.1, -0.05) is 48.0 Å². The van der Waals surface area contributed by atoms with Crippen molar-refractivity contribution < 1.29 is 20.1 Å². The second-order valence-electron chi connectivity index (χ2n) is 11.4. The minimum absolute atomic E-state index is 0.0873. The number of nitrogens with zero attached hydrogens (tertiary/aromatic N) is 3. The van der Waals surface area contributed by atoms with Crippen molar-refractivity contribution in [3.63, 3.8) is 0 Å². The SMILES string of the molecule is C[C@H](O)COc1ccc(N2CCN(C[C@@](C)(O)c3ccc(C(C)(C)O)cc3)C[C@H]2c2ccc(Cl)cc2)c(C#N)c1. The molecule has 0 spiro atoms. The molecule has 0 bridgehead atoms. The van der Waals surface area contributed by atoms with E-state index in [2.05, 4.69) is 15.9 Å². The minimum atomic E-state index is -1.11. The normalized spacial score (nSPS) is 18.6. The topological polar surface area (TPSA) is 100 Å². The van der Waals surface area contributed by atoms with Crippen molar-refractivity contribution in [2.45, 2.75) is 51.0 Å². The van der Waals surface area contributed by atoms with Gasteiger partial charge in [-0.15, -0.1) is 0 Å². The van der Waals surface area contributed by atoms with Gasteiger partial charge in [-0.2, -0.15) is 5.26 Å². The van der Waals surface area contributed by atoms with Gasteiger partial charge in [0, 0.05) is 31.2 Å². The number of anilines is 1. The van der Waals surface area contributed by atoms with Crippen molar-refractivity contribution in [3.8, 4) is 11.8 Å². The van der Waals surface area contributed by atoms with Crippen LogP contribution in [0.25, 0.3) is 0 Å². The summed E-state index contributed by atoms with van der Waals surface area (Å²) in [6.45, 7) is 9.48. The number of nitriles is 1. The quantitative estimate of drug-likeness (QED) is 0.338. The summed E-state index contributed by atoms with van der Waals surface area (Å²) in [4.78, 5) is 4.47. The fourth-order valence-corrected chi connectivity index (χ4v) is 5.29. The van der Waals surface area contributed by atoms with Crippen molar-refractivity contribution in [1.82, 2.24) is 4.90 Å². The maximum Gasteiger partial charge on any atom is 0.120 e. The van der Waals surface area contributed by atoms with Gasteiger partial charge in [-0.3, -0.25) is 4.90 Å². The van der Waals surface area contributed by atoms with Gasteiger partial charge < -0.3 is 25.0 Å². The Bertz CT molecular complexity index is 1330. The van der Waals surface area contributed by atoms with E-state index in [1.807, 2.05) is 67.6 Å². The smallest absolute Gasteiger partial charge is 0.120 e. The van der Waals surface area contributed by atoms with Gasteiger partial charge >= 0.3 is 0 Å². The lowest BCUT2D eigenvalue weighted by Crippen LogP contribution is -2.52. The average molecular weight is 564 g/mol. The molecule has 0 amide bonds. The Kier molecular flexibility index (Phi) is 9.09. The van der Waals surface area contributed by atoms with Crippen molar-refractivity contribution in [1.29, 1.82) is 5.26 Å². The van der Waals surface area contributed by atoms with Crippen molar-refractivity contribution in [2.75, 3.05) is 37.7 Å². The summed E-state index contributed by atoms with van der Waals surface area (Å²) in [5, 5.41) is 42.0. The monoisotopic (exact) mass is 563 g/mol. The highest BCUT2D eigenvalue weighted by Gasteiger charge is 2.34. The Morgan fingerprint density at radius 1 is 1.00 bits per heavy atom. The summed E-state index contributed by atoms with van der Waals surface area (Å²) in [6.07, 6.45) is -0.607. The van der Waals surface area contributed by atoms with Gasteiger partial charge in [-0.05, 0) is 74.7 Å². The number of ether oxygens (including phenoxy) is 1. The predicted octanol–water partition coefficient (Wildman–Crippen LogP) is 4.97. The van der Waals surface area contributed by atoms with Crippen LogP contribution < -0.4 is 9.64 Å². The molecule has 3 aromatic rings. The zero-order valence-electron chi connectivity index (χ0n) is 23.5. The fourth-order valence-electron chi connectivity index (χ4n) is 5.17. The molecule has 1 saturated heterocycles. The molecule has 0 aromatic heterocycles. The fraction of sp³-hybridized carbons (Fsp3) is 0.406. The Morgan fingerprint density at radius 3 is 2.25 bits per heavy atom. The van der Waals surface area contributed by atoms with Crippen LogP contribution in [0.4, 0.5) is 5.69 Å². The highest BCUT2D eigenvalue weighted by Crippen LogP contribution is 2.36. The van der Waals surface area contributed by atoms with Crippen LogP contribution in [-0.4, -0.2) is 59.1 Å². The number of rotatable bonds is 9. The van der Waals surface area contributed by atoms with Crippen LogP contribution in [0, 0.1) is 11.3 Å². The van der Waals surface area contributed by atoms with E-state index in [0.717, 1.165) is 22.4 Å². The van der Waals surface area contributed by atoms with Gasteiger partial charge in [0.25, 0.3) is 0 Å². The van der Waals surface area contributed by atoms with Crippen LogP contribution >= 0.6 is 11.6 Å². The van der Waals surface area contributed by atoms with Gasteiger partial charge in [0.15, 0.2) is 0 Å². The van der Waals surface area contributed by atoms with Crippen LogP contribution in [0.5, 0.6) is 5.75 Å². The Morgan fingerprint density at radius 2 is 1.65 bits per heavy atom. The van der Waals surface area contributed by atoms with Crippen LogP contribution in [0.1, 0.15) is 56.0 Å². The molecule has 8 heteroatoms. The molecule has 212 valence electrons. The molecule has 4 rings (SSSR count). The molecule has 0 aliphatic carbocycles. The first-order valence-electron chi connectivity index (χ1n) is 13.5. The molecule has 3 N–H and O–H groups in total. The number of aliphatic hydroxyl groups excluding tert-OH is 1. The molecule has 0 saturated carbocycles. The largest absolute Gasteiger partial charge is 0.491 e. The van der Waals surface area contributed by atoms with Crippen LogP contribution in [0.2, 0.25) is 5.02 Å². The third-order valence-electron chi connectivity index (χ3n) is 7.35. The van der Waals surface area contributed by atoms with E-state index in [0.29, 0.717) is 42.5 Å². The highest BCUT2D eigenvalue weighted by atomic mass is 35.5. The second-order valence-corrected chi connectivity index (χ2v) is 11.8. The third kappa shape index (κ3) is 7.14. The standard InChI is InChI=1S/C32H38ClN3O4/c1-22(37)20-40-28-13-14-29(24(17-28)18-34)36-16-15-35(19-30(36)23-5-11-27(33)12-6-23)21-32(4,39)26-9-7-25(8-10-26)31(2,3)38/h5-14,17,22,30,37-39H,15-16,19-21H2,1-4H3/t22-,30-,32+/m0/s1. The maximum atomic E-state index is 11.5. The number of halogens is 1. The number of benzene rings is 3. The second kappa shape index (κ2) is 12.2. The first-order valence-corrected chi connectivity index (χ1v) is 13.9. The molecule has 3 aromatic carbocycles. The van der Waals surface area contributed by atoms with E-state index < -0.39 is 17.3 Å². The van der Waals surface area contributed by atoms with Crippen molar-refractivity contribution >= 4 is 17.3 Å². The summed E-state index contributed by atoms with van der Waals surface area (Å²) in [5.41, 5.74) is 1.88. The Hall–Kier alpha value is -3.12. The van der Waals surface area contributed by atoms with E-state index >= 15 is 0 Å². The van der Waals surface area contributed by atoms with E-state index in [4.69, 9.17) is 16.3 Å². The molecular weight excluding hydrogens is 526 g/mol. The highest BCUT2D eigenvalue weighted by molar-refractivity contribution is 6.30. The number of hydrogen-bond donors (Lipinski definition) is 3. The Labute approximate surface area is 241 Å².